The standard InChI is InChI=1S/C13H18BrNS/c1-2-13(15-10-7-8-16-9-10)11-5-3-4-6-12(11)14/h3-6,10,13,15H,2,7-9H2,1H3. The van der Waals surface area contributed by atoms with E-state index < -0.39 is 0 Å². The van der Waals surface area contributed by atoms with Crippen molar-refractivity contribution < 1.29 is 0 Å². The van der Waals surface area contributed by atoms with Gasteiger partial charge in [-0.1, -0.05) is 41.1 Å². The zero-order chi connectivity index (χ0) is 11.4. The molecule has 2 rings (SSSR count). The molecule has 0 aromatic heterocycles. The van der Waals surface area contributed by atoms with Gasteiger partial charge < -0.3 is 5.32 Å². The van der Waals surface area contributed by atoms with E-state index in [2.05, 4.69) is 64.2 Å². The average molecular weight is 300 g/mol. The molecule has 16 heavy (non-hydrogen) atoms. The highest BCUT2D eigenvalue weighted by atomic mass is 79.9. The van der Waals surface area contributed by atoms with Crippen LogP contribution in [0.2, 0.25) is 0 Å². The second-order valence-electron chi connectivity index (χ2n) is 4.21. The summed E-state index contributed by atoms with van der Waals surface area (Å²) in [7, 11) is 0. The molecule has 1 nitrogen and oxygen atoms in total. The molecule has 3 heteroatoms. The third-order valence-corrected chi connectivity index (χ3v) is 4.94. The molecule has 1 aliphatic rings. The number of thioether (sulfide) groups is 1. The van der Waals surface area contributed by atoms with Crippen LogP contribution in [0, 0.1) is 0 Å². The van der Waals surface area contributed by atoms with E-state index in [1.165, 1.54) is 28.0 Å². The lowest BCUT2D eigenvalue weighted by molar-refractivity contribution is 0.450. The van der Waals surface area contributed by atoms with Crippen LogP contribution >= 0.6 is 27.7 Å². The number of nitrogens with one attached hydrogen (secondary N) is 1. The minimum Gasteiger partial charge on any atom is -0.306 e. The van der Waals surface area contributed by atoms with E-state index in [-0.39, 0.29) is 0 Å². The van der Waals surface area contributed by atoms with Gasteiger partial charge in [-0.15, -0.1) is 0 Å². The molecule has 0 amide bonds. The first-order chi connectivity index (χ1) is 7.81. The van der Waals surface area contributed by atoms with Crippen LogP contribution in [-0.2, 0) is 0 Å². The zero-order valence-electron chi connectivity index (χ0n) is 9.58. The first-order valence-electron chi connectivity index (χ1n) is 5.89. The Balaban J connectivity index is 2.06. The van der Waals surface area contributed by atoms with E-state index in [1.807, 2.05) is 0 Å². The van der Waals surface area contributed by atoms with E-state index in [0.717, 1.165) is 6.42 Å². The predicted octanol–water partition coefficient (Wildman–Crippen LogP) is 4.00. The molecule has 1 aliphatic heterocycles. The van der Waals surface area contributed by atoms with Crippen molar-refractivity contribution in [2.45, 2.75) is 31.8 Å². The Labute approximate surface area is 111 Å². The number of hydrogen-bond acceptors (Lipinski definition) is 2. The third-order valence-electron chi connectivity index (χ3n) is 3.06. The van der Waals surface area contributed by atoms with Gasteiger partial charge in [-0.05, 0) is 30.2 Å². The predicted molar refractivity (Wildman–Crippen MR) is 76.0 cm³/mol. The van der Waals surface area contributed by atoms with E-state index >= 15 is 0 Å². The summed E-state index contributed by atoms with van der Waals surface area (Å²) in [5.41, 5.74) is 1.39. The second kappa shape index (κ2) is 6.08. The van der Waals surface area contributed by atoms with E-state index in [9.17, 15) is 0 Å². The maximum absolute atomic E-state index is 3.77. The van der Waals surface area contributed by atoms with Crippen molar-refractivity contribution in [3.8, 4) is 0 Å². The first kappa shape index (κ1) is 12.5. The highest BCUT2D eigenvalue weighted by Crippen LogP contribution is 2.27. The smallest absolute Gasteiger partial charge is 0.0331 e. The van der Waals surface area contributed by atoms with Gasteiger partial charge in [-0.25, -0.2) is 0 Å². The lowest BCUT2D eigenvalue weighted by atomic mass is 10.0. The topological polar surface area (TPSA) is 12.0 Å². The summed E-state index contributed by atoms with van der Waals surface area (Å²) in [5.74, 6) is 2.57. The Bertz CT molecular complexity index is 336. The Morgan fingerprint density at radius 3 is 2.94 bits per heavy atom. The van der Waals surface area contributed by atoms with Crippen molar-refractivity contribution in [2.75, 3.05) is 11.5 Å². The van der Waals surface area contributed by atoms with Gasteiger partial charge in [0, 0.05) is 22.3 Å². The quantitative estimate of drug-likeness (QED) is 0.902. The summed E-state index contributed by atoms with van der Waals surface area (Å²) in [6.07, 6.45) is 2.45. The summed E-state index contributed by atoms with van der Waals surface area (Å²) in [4.78, 5) is 0. The lowest BCUT2D eigenvalue weighted by Gasteiger charge is -2.22. The normalized spacial score (nSPS) is 22.2. The van der Waals surface area contributed by atoms with Crippen LogP contribution in [-0.4, -0.2) is 17.5 Å². The molecule has 1 N–H and O–H groups in total. The van der Waals surface area contributed by atoms with Crippen LogP contribution in [0.4, 0.5) is 0 Å². The van der Waals surface area contributed by atoms with Crippen molar-refractivity contribution in [3.05, 3.63) is 34.3 Å². The first-order valence-corrected chi connectivity index (χ1v) is 7.84. The van der Waals surface area contributed by atoms with Gasteiger partial charge in [0.2, 0.25) is 0 Å². The highest BCUT2D eigenvalue weighted by molar-refractivity contribution is 9.10. The molecule has 0 radical (unpaired) electrons. The van der Waals surface area contributed by atoms with Gasteiger partial charge in [0.15, 0.2) is 0 Å². The maximum atomic E-state index is 3.77. The van der Waals surface area contributed by atoms with Crippen LogP contribution in [0.1, 0.15) is 31.4 Å². The Morgan fingerprint density at radius 1 is 1.50 bits per heavy atom. The molecule has 0 spiro atoms. The molecule has 0 saturated carbocycles. The molecule has 88 valence electrons. The fourth-order valence-corrected chi connectivity index (χ4v) is 3.86. The number of hydrogen-bond donors (Lipinski definition) is 1. The number of rotatable bonds is 4. The molecule has 2 atom stereocenters. The molecule has 1 aromatic rings. The molecule has 1 aromatic carbocycles. The molecular formula is C13H18BrNS. The Morgan fingerprint density at radius 2 is 2.31 bits per heavy atom. The molecule has 0 aliphatic carbocycles. The monoisotopic (exact) mass is 299 g/mol. The second-order valence-corrected chi connectivity index (χ2v) is 6.21. The highest BCUT2D eigenvalue weighted by Gasteiger charge is 2.20. The Hall–Kier alpha value is 0.01000. The van der Waals surface area contributed by atoms with Crippen LogP contribution in [0.3, 0.4) is 0 Å². The van der Waals surface area contributed by atoms with Gasteiger partial charge in [0.25, 0.3) is 0 Å². The molecule has 1 heterocycles. The fraction of sp³-hybridized carbons (Fsp3) is 0.538. The SMILES string of the molecule is CCC(NC1CCSC1)c1ccccc1Br. The minimum absolute atomic E-state index is 0.485. The maximum Gasteiger partial charge on any atom is 0.0331 e. The number of benzene rings is 1. The van der Waals surface area contributed by atoms with Gasteiger partial charge in [0.1, 0.15) is 0 Å². The zero-order valence-corrected chi connectivity index (χ0v) is 12.0. The summed E-state index contributed by atoms with van der Waals surface area (Å²) in [5, 5.41) is 3.77. The van der Waals surface area contributed by atoms with Crippen LogP contribution < -0.4 is 5.32 Å². The van der Waals surface area contributed by atoms with Gasteiger partial charge in [-0.2, -0.15) is 11.8 Å². The van der Waals surface area contributed by atoms with E-state index in [4.69, 9.17) is 0 Å². The fourth-order valence-electron chi connectivity index (χ4n) is 2.14. The van der Waals surface area contributed by atoms with E-state index in [1.54, 1.807) is 0 Å². The summed E-state index contributed by atoms with van der Waals surface area (Å²) < 4.78 is 1.22. The molecule has 0 bridgehead atoms. The molecule has 1 fully saturated rings. The van der Waals surface area contributed by atoms with Crippen molar-refractivity contribution in [1.29, 1.82) is 0 Å². The molecule has 2 unspecified atom stereocenters. The van der Waals surface area contributed by atoms with Crippen molar-refractivity contribution in [1.82, 2.24) is 5.32 Å². The minimum atomic E-state index is 0.485. The molecule has 1 saturated heterocycles. The Kier molecular flexibility index (Phi) is 4.74. The average Bonchev–Trinajstić information content (AvgIpc) is 2.80. The van der Waals surface area contributed by atoms with Crippen LogP contribution in [0.25, 0.3) is 0 Å². The lowest BCUT2D eigenvalue weighted by Crippen LogP contribution is -2.32. The largest absolute Gasteiger partial charge is 0.306 e. The van der Waals surface area contributed by atoms with Gasteiger partial charge >= 0.3 is 0 Å². The van der Waals surface area contributed by atoms with Crippen molar-refractivity contribution >= 4 is 27.7 Å². The molecular weight excluding hydrogens is 282 g/mol. The van der Waals surface area contributed by atoms with Crippen molar-refractivity contribution in [3.63, 3.8) is 0 Å². The van der Waals surface area contributed by atoms with Gasteiger partial charge in [-0.3, -0.25) is 0 Å². The summed E-state index contributed by atoms with van der Waals surface area (Å²) in [6, 6.07) is 9.72. The van der Waals surface area contributed by atoms with E-state index in [0.29, 0.717) is 12.1 Å². The summed E-state index contributed by atoms with van der Waals surface area (Å²) >= 11 is 5.70. The third kappa shape index (κ3) is 3.02. The van der Waals surface area contributed by atoms with Crippen LogP contribution in [0.5, 0.6) is 0 Å². The van der Waals surface area contributed by atoms with Crippen LogP contribution in [0.15, 0.2) is 28.7 Å². The number of halogens is 1. The van der Waals surface area contributed by atoms with Crippen molar-refractivity contribution in [2.24, 2.45) is 0 Å². The summed E-state index contributed by atoms with van der Waals surface area (Å²) in [6.45, 7) is 2.25. The van der Waals surface area contributed by atoms with Gasteiger partial charge in [0.05, 0.1) is 0 Å².